The van der Waals surface area contributed by atoms with Crippen LogP contribution in [0.25, 0.3) is 10.9 Å². The van der Waals surface area contributed by atoms with Crippen LogP contribution in [0, 0.1) is 0 Å². The standard InChI is InChI=1S/C18H24F2N2O3S/c1-6-25-17(23)22-8-7-13-14(16(19)20)9-12(10-15(13)22)11(2)21-26(24)18(3,4)5/h7-11,16,21H,6H2,1-5H3/t11-,26?/m1/s1. The molecule has 1 aromatic heterocycles. The lowest BCUT2D eigenvalue weighted by molar-refractivity contribution is 0.152. The number of nitrogens with one attached hydrogen (secondary N) is 1. The molecule has 1 unspecified atom stereocenters. The summed E-state index contributed by atoms with van der Waals surface area (Å²) in [5, 5.41) is 0.293. The van der Waals surface area contributed by atoms with Gasteiger partial charge in [-0.05, 0) is 58.4 Å². The van der Waals surface area contributed by atoms with E-state index in [0.29, 0.717) is 16.5 Å². The van der Waals surface area contributed by atoms with Crippen molar-refractivity contribution in [1.29, 1.82) is 0 Å². The van der Waals surface area contributed by atoms with Crippen LogP contribution >= 0.6 is 0 Å². The van der Waals surface area contributed by atoms with E-state index in [0.717, 1.165) is 0 Å². The number of nitrogens with zero attached hydrogens (tertiary/aromatic N) is 1. The molecule has 0 amide bonds. The predicted molar refractivity (Wildman–Crippen MR) is 98.8 cm³/mol. The quantitative estimate of drug-likeness (QED) is 0.757. The van der Waals surface area contributed by atoms with Crippen LogP contribution in [-0.2, 0) is 16.1 Å². The maximum absolute atomic E-state index is 13.5. The third-order valence-electron chi connectivity index (χ3n) is 3.90. The summed E-state index contributed by atoms with van der Waals surface area (Å²) in [4.78, 5) is 12.1. The van der Waals surface area contributed by atoms with Gasteiger partial charge >= 0.3 is 6.09 Å². The van der Waals surface area contributed by atoms with E-state index in [2.05, 4.69) is 4.72 Å². The summed E-state index contributed by atoms with van der Waals surface area (Å²) >= 11 is -1.36. The van der Waals surface area contributed by atoms with Crippen LogP contribution in [0.15, 0.2) is 24.4 Å². The van der Waals surface area contributed by atoms with Gasteiger partial charge in [-0.3, -0.25) is 4.57 Å². The lowest BCUT2D eigenvalue weighted by Crippen LogP contribution is -2.40. The molecule has 0 radical (unpaired) electrons. The summed E-state index contributed by atoms with van der Waals surface area (Å²) in [5.41, 5.74) is 0.692. The molecular weight excluding hydrogens is 362 g/mol. The number of carbonyl (C=O) groups excluding carboxylic acids is 1. The molecule has 2 aromatic rings. The zero-order valence-electron chi connectivity index (χ0n) is 15.5. The monoisotopic (exact) mass is 386 g/mol. The second-order valence-corrected chi connectivity index (χ2v) is 8.95. The van der Waals surface area contributed by atoms with Gasteiger partial charge in [-0.2, -0.15) is 0 Å². The largest absolute Gasteiger partial charge is 0.598 e. The Bertz CT molecular complexity index is 787. The lowest BCUT2D eigenvalue weighted by Gasteiger charge is -2.26. The number of hydrogen-bond donors (Lipinski definition) is 1. The summed E-state index contributed by atoms with van der Waals surface area (Å²) < 4.78 is 48.0. The fourth-order valence-corrected chi connectivity index (χ4v) is 3.29. The Morgan fingerprint density at radius 2 is 2.04 bits per heavy atom. The number of fused-ring (bicyclic) bond motifs is 1. The zero-order valence-corrected chi connectivity index (χ0v) is 16.3. The minimum Gasteiger partial charge on any atom is -0.598 e. The fraction of sp³-hybridized carbons (Fsp3) is 0.500. The van der Waals surface area contributed by atoms with Crippen LogP contribution in [0.5, 0.6) is 0 Å². The van der Waals surface area contributed by atoms with Crippen molar-refractivity contribution in [1.82, 2.24) is 9.29 Å². The van der Waals surface area contributed by atoms with Gasteiger partial charge < -0.3 is 9.29 Å². The first kappa shape index (κ1) is 20.7. The molecule has 26 heavy (non-hydrogen) atoms. The number of alkyl halides is 2. The maximum Gasteiger partial charge on any atom is 0.418 e. The number of carbonyl (C=O) groups is 1. The van der Waals surface area contributed by atoms with E-state index in [9.17, 15) is 18.1 Å². The smallest absolute Gasteiger partial charge is 0.418 e. The molecule has 0 saturated heterocycles. The highest BCUT2D eigenvalue weighted by molar-refractivity contribution is 7.90. The Balaban J connectivity index is 2.50. The Hall–Kier alpha value is -1.64. The molecule has 2 rings (SSSR count). The van der Waals surface area contributed by atoms with Gasteiger partial charge in [0.15, 0.2) is 0 Å². The average molecular weight is 386 g/mol. The van der Waals surface area contributed by atoms with Crippen molar-refractivity contribution in [2.75, 3.05) is 6.61 Å². The van der Waals surface area contributed by atoms with Gasteiger partial charge in [-0.25, -0.2) is 13.6 Å². The third kappa shape index (κ3) is 4.36. The maximum atomic E-state index is 13.5. The number of halogens is 2. The number of hydrogen-bond acceptors (Lipinski definition) is 4. The highest BCUT2D eigenvalue weighted by Gasteiger charge is 2.29. The van der Waals surface area contributed by atoms with Crippen LogP contribution in [0.3, 0.4) is 0 Å². The van der Waals surface area contributed by atoms with Crippen molar-refractivity contribution < 1.29 is 22.9 Å². The topological polar surface area (TPSA) is 66.3 Å². The van der Waals surface area contributed by atoms with Crippen LogP contribution in [0.2, 0.25) is 0 Å². The predicted octanol–water partition coefficient (Wildman–Crippen LogP) is 4.70. The molecule has 0 spiro atoms. The number of ether oxygens (including phenoxy) is 1. The number of aromatic nitrogens is 1. The summed E-state index contributed by atoms with van der Waals surface area (Å²) in [6.07, 6.45) is -1.90. The molecular formula is C18H24F2N2O3S. The molecule has 1 aromatic carbocycles. The lowest BCUT2D eigenvalue weighted by atomic mass is 10.0. The summed E-state index contributed by atoms with van der Waals surface area (Å²) in [6.45, 7) is 9.07. The Morgan fingerprint density at radius 3 is 2.58 bits per heavy atom. The van der Waals surface area contributed by atoms with E-state index in [1.165, 1.54) is 22.9 Å². The molecule has 144 valence electrons. The van der Waals surface area contributed by atoms with Gasteiger partial charge in [0.1, 0.15) is 4.75 Å². The van der Waals surface area contributed by atoms with Gasteiger partial charge in [0, 0.05) is 28.5 Å². The van der Waals surface area contributed by atoms with E-state index < -0.39 is 34.7 Å². The molecule has 0 aliphatic carbocycles. The van der Waals surface area contributed by atoms with Crippen molar-refractivity contribution in [3.8, 4) is 0 Å². The Labute approximate surface area is 155 Å². The molecule has 1 heterocycles. The summed E-state index contributed by atoms with van der Waals surface area (Å²) in [6, 6.07) is 4.07. The van der Waals surface area contributed by atoms with Crippen molar-refractivity contribution in [3.05, 3.63) is 35.5 Å². The second-order valence-electron chi connectivity index (χ2n) is 6.95. The van der Waals surface area contributed by atoms with Crippen molar-refractivity contribution in [2.45, 2.75) is 51.8 Å². The highest BCUT2D eigenvalue weighted by Crippen LogP contribution is 2.32. The van der Waals surface area contributed by atoms with Crippen molar-refractivity contribution in [2.24, 2.45) is 0 Å². The minimum absolute atomic E-state index is 0.171. The molecule has 0 aliphatic heterocycles. The molecule has 0 fully saturated rings. The van der Waals surface area contributed by atoms with Crippen molar-refractivity contribution in [3.63, 3.8) is 0 Å². The van der Waals surface area contributed by atoms with Gasteiger partial charge in [0.05, 0.1) is 18.2 Å². The van der Waals surface area contributed by atoms with Gasteiger partial charge in [-0.15, -0.1) is 4.72 Å². The first-order valence-corrected chi connectivity index (χ1v) is 9.49. The molecule has 1 N–H and O–H groups in total. The minimum atomic E-state index is -2.70. The third-order valence-corrected chi connectivity index (χ3v) is 5.58. The zero-order chi connectivity index (χ0) is 19.6. The van der Waals surface area contributed by atoms with Crippen LogP contribution in [0.1, 0.15) is 58.2 Å². The number of rotatable bonds is 5. The van der Waals surface area contributed by atoms with Crippen molar-refractivity contribution >= 4 is 28.4 Å². The molecule has 0 bridgehead atoms. The van der Waals surface area contributed by atoms with E-state index >= 15 is 0 Å². The summed E-state index contributed by atoms with van der Waals surface area (Å²) in [5.74, 6) is 0. The van der Waals surface area contributed by atoms with E-state index in [1.54, 1.807) is 19.9 Å². The first-order chi connectivity index (χ1) is 12.1. The first-order valence-electron chi connectivity index (χ1n) is 8.34. The number of benzene rings is 1. The SMILES string of the molecule is CCOC(=O)n1ccc2c(C(F)F)cc([C@@H](C)N[S+]([O-])C(C)(C)C)cc21. The Morgan fingerprint density at radius 1 is 1.38 bits per heavy atom. The van der Waals surface area contributed by atoms with Crippen LogP contribution in [0.4, 0.5) is 13.6 Å². The molecule has 8 heteroatoms. The van der Waals surface area contributed by atoms with Gasteiger partial charge in [0.25, 0.3) is 6.43 Å². The normalized spacial score (nSPS) is 14.7. The van der Waals surface area contributed by atoms with E-state index in [-0.39, 0.29) is 12.2 Å². The molecule has 0 aliphatic rings. The van der Waals surface area contributed by atoms with Crippen LogP contribution in [-0.4, -0.2) is 26.6 Å². The van der Waals surface area contributed by atoms with Gasteiger partial charge in [0.2, 0.25) is 0 Å². The highest BCUT2D eigenvalue weighted by atomic mass is 32.2. The Kier molecular flexibility index (Phi) is 6.31. The van der Waals surface area contributed by atoms with Gasteiger partial charge in [-0.1, -0.05) is 0 Å². The average Bonchev–Trinajstić information content (AvgIpc) is 2.96. The van der Waals surface area contributed by atoms with E-state index in [4.69, 9.17) is 4.74 Å². The fourth-order valence-electron chi connectivity index (χ4n) is 2.48. The van der Waals surface area contributed by atoms with E-state index in [1.807, 2.05) is 20.8 Å². The molecule has 0 saturated carbocycles. The molecule has 2 atom stereocenters. The second kappa shape index (κ2) is 7.94. The summed E-state index contributed by atoms with van der Waals surface area (Å²) in [7, 11) is 0. The van der Waals surface area contributed by atoms with Crippen LogP contribution < -0.4 is 4.72 Å². The molecule has 5 nitrogen and oxygen atoms in total.